The van der Waals surface area contributed by atoms with Gasteiger partial charge in [-0.1, -0.05) is 0 Å². The van der Waals surface area contributed by atoms with Gasteiger partial charge in [0.1, 0.15) is 5.60 Å². The molecule has 2 rings (SSSR count). The molecule has 3 atom stereocenters. The highest BCUT2D eigenvalue weighted by Gasteiger charge is 2.49. The Balaban J connectivity index is 2.18. The predicted molar refractivity (Wildman–Crippen MR) is 69.4 cm³/mol. The Morgan fingerprint density at radius 1 is 1.44 bits per heavy atom. The Hall–Kier alpha value is -0.770. The van der Waals surface area contributed by atoms with Crippen molar-refractivity contribution >= 4 is 6.09 Å². The molecule has 2 fully saturated rings. The second kappa shape index (κ2) is 4.41. The molecule has 0 saturated carbocycles. The van der Waals surface area contributed by atoms with E-state index in [2.05, 4.69) is 6.92 Å². The summed E-state index contributed by atoms with van der Waals surface area (Å²) >= 11 is 0. The number of hydrogen-bond donors (Lipinski definition) is 1. The van der Waals surface area contributed by atoms with Crippen LogP contribution in [0.5, 0.6) is 0 Å². The fourth-order valence-corrected chi connectivity index (χ4v) is 3.42. The molecule has 104 valence electrons. The van der Waals surface area contributed by atoms with E-state index in [0.717, 1.165) is 19.3 Å². The molecule has 0 radical (unpaired) electrons. The minimum atomic E-state index is -0.461. The van der Waals surface area contributed by atoms with E-state index in [1.165, 1.54) is 0 Å². The lowest BCUT2D eigenvalue weighted by Gasteiger charge is -2.54. The second-order valence-electron chi connectivity index (χ2n) is 6.99. The largest absolute Gasteiger partial charge is 0.444 e. The lowest BCUT2D eigenvalue weighted by Crippen LogP contribution is -2.63. The summed E-state index contributed by atoms with van der Waals surface area (Å²) in [7, 11) is 0. The number of carbonyl (C=O) groups is 1. The number of carbonyl (C=O) groups excluding carboxylic acids is 1. The number of nitrogens with zero attached hydrogens (tertiary/aromatic N) is 1. The summed E-state index contributed by atoms with van der Waals surface area (Å²) in [4.78, 5) is 14.3. The predicted octanol–water partition coefficient (Wildman–Crippen LogP) is 2.69. The molecule has 18 heavy (non-hydrogen) atoms. The van der Waals surface area contributed by atoms with E-state index in [4.69, 9.17) is 4.74 Å². The van der Waals surface area contributed by atoms with Gasteiger partial charge >= 0.3 is 6.09 Å². The van der Waals surface area contributed by atoms with Crippen molar-refractivity contribution in [2.75, 3.05) is 0 Å². The second-order valence-corrected chi connectivity index (χ2v) is 6.99. The number of aliphatic hydroxyl groups is 1. The van der Waals surface area contributed by atoms with Gasteiger partial charge in [-0.15, -0.1) is 0 Å². The maximum atomic E-state index is 12.4. The highest BCUT2D eigenvalue weighted by atomic mass is 16.6. The third kappa shape index (κ3) is 2.63. The summed E-state index contributed by atoms with van der Waals surface area (Å²) in [5.74, 6) is 0. The number of aliphatic hydroxyl groups excluding tert-OH is 1. The van der Waals surface area contributed by atoms with Crippen LogP contribution < -0.4 is 0 Å². The third-order valence-corrected chi connectivity index (χ3v) is 4.01. The number of amides is 1. The molecule has 2 aliphatic rings. The van der Waals surface area contributed by atoms with Gasteiger partial charge in [0, 0.05) is 11.6 Å². The first kappa shape index (κ1) is 13.7. The van der Waals surface area contributed by atoms with Crippen LogP contribution in [-0.2, 0) is 4.74 Å². The normalized spacial score (nSPS) is 36.4. The fourth-order valence-electron chi connectivity index (χ4n) is 3.42. The van der Waals surface area contributed by atoms with Gasteiger partial charge in [-0.2, -0.15) is 0 Å². The van der Waals surface area contributed by atoms with Gasteiger partial charge in [0.15, 0.2) is 0 Å². The summed E-state index contributed by atoms with van der Waals surface area (Å²) in [6.45, 7) is 7.75. The molecule has 2 heterocycles. The number of ether oxygens (including phenoxy) is 1. The summed E-state index contributed by atoms with van der Waals surface area (Å²) in [6, 6.07) is 0.141. The first-order chi connectivity index (χ1) is 8.21. The molecule has 2 aliphatic heterocycles. The zero-order valence-electron chi connectivity index (χ0n) is 11.9. The van der Waals surface area contributed by atoms with Gasteiger partial charge in [-0.3, -0.25) is 4.90 Å². The van der Waals surface area contributed by atoms with E-state index in [-0.39, 0.29) is 23.8 Å². The van der Waals surface area contributed by atoms with E-state index >= 15 is 0 Å². The summed E-state index contributed by atoms with van der Waals surface area (Å²) in [5.41, 5.74) is -0.694. The van der Waals surface area contributed by atoms with Crippen molar-refractivity contribution < 1.29 is 14.6 Å². The van der Waals surface area contributed by atoms with Crippen LogP contribution in [0.25, 0.3) is 0 Å². The fraction of sp³-hybridized carbons (Fsp3) is 0.929. The van der Waals surface area contributed by atoms with Gasteiger partial charge in [0.05, 0.1) is 6.10 Å². The standard InChI is InChI=1S/C14H25NO3/c1-13(2,3)18-12(17)15-10-6-5-7-14(15,4)9-11(16)8-10/h10-11,16H,5-9H2,1-4H3/t10?,11-,14+/m0/s1. The highest BCUT2D eigenvalue weighted by Crippen LogP contribution is 2.42. The van der Waals surface area contributed by atoms with Gasteiger partial charge < -0.3 is 9.84 Å². The molecule has 2 saturated heterocycles. The van der Waals surface area contributed by atoms with Crippen LogP contribution >= 0.6 is 0 Å². The molecule has 0 aromatic carbocycles. The molecule has 0 aromatic heterocycles. The Bertz CT molecular complexity index is 336. The van der Waals surface area contributed by atoms with Crippen LogP contribution in [0, 0.1) is 0 Å². The van der Waals surface area contributed by atoms with Crippen LogP contribution in [0.4, 0.5) is 4.79 Å². The van der Waals surface area contributed by atoms with Crippen molar-refractivity contribution in [2.45, 2.75) is 83.1 Å². The first-order valence-corrected chi connectivity index (χ1v) is 6.92. The Morgan fingerprint density at radius 2 is 2.11 bits per heavy atom. The number of hydrogen-bond acceptors (Lipinski definition) is 3. The highest BCUT2D eigenvalue weighted by molar-refractivity contribution is 5.70. The molecule has 1 N–H and O–H groups in total. The van der Waals surface area contributed by atoms with E-state index in [0.29, 0.717) is 12.8 Å². The zero-order valence-corrected chi connectivity index (χ0v) is 11.9. The van der Waals surface area contributed by atoms with Crippen molar-refractivity contribution in [3.63, 3.8) is 0 Å². The minimum Gasteiger partial charge on any atom is -0.444 e. The van der Waals surface area contributed by atoms with Gasteiger partial charge in [0.2, 0.25) is 0 Å². The molecule has 0 spiro atoms. The van der Waals surface area contributed by atoms with Crippen LogP contribution in [0.3, 0.4) is 0 Å². The van der Waals surface area contributed by atoms with Crippen molar-refractivity contribution in [3.8, 4) is 0 Å². The maximum Gasteiger partial charge on any atom is 0.410 e. The third-order valence-electron chi connectivity index (χ3n) is 4.01. The molecule has 0 aromatic rings. The summed E-state index contributed by atoms with van der Waals surface area (Å²) in [5, 5.41) is 9.93. The first-order valence-electron chi connectivity index (χ1n) is 6.92. The SMILES string of the molecule is CC(C)(C)OC(=O)N1C2CCC[C@]1(C)C[C@@H](O)C2. The van der Waals surface area contributed by atoms with Gasteiger partial charge in [-0.05, 0) is 59.8 Å². The summed E-state index contributed by atoms with van der Waals surface area (Å²) < 4.78 is 5.52. The Labute approximate surface area is 109 Å². The van der Waals surface area contributed by atoms with Crippen molar-refractivity contribution in [1.29, 1.82) is 0 Å². The average molecular weight is 255 g/mol. The molecular weight excluding hydrogens is 230 g/mol. The molecular formula is C14H25NO3. The van der Waals surface area contributed by atoms with Crippen LogP contribution in [0.1, 0.15) is 59.8 Å². The Morgan fingerprint density at radius 3 is 2.67 bits per heavy atom. The van der Waals surface area contributed by atoms with Crippen LogP contribution in [-0.4, -0.2) is 39.4 Å². The van der Waals surface area contributed by atoms with Crippen LogP contribution in [0.2, 0.25) is 0 Å². The molecule has 2 bridgehead atoms. The molecule has 0 aliphatic carbocycles. The number of rotatable bonds is 0. The summed E-state index contributed by atoms with van der Waals surface area (Å²) in [6.07, 6.45) is 3.93. The minimum absolute atomic E-state index is 0.141. The monoisotopic (exact) mass is 255 g/mol. The molecule has 1 amide bonds. The topological polar surface area (TPSA) is 49.8 Å². The Kier molecular flexibility index (Phi) is 3.34. The van der Waals surface area contributed by atoms with E-state index in [1.807, 2.05) is 25.7 Å². The zero-order chi connectivity index (χ0) is 13.6. The average Bonchev–Trinajstić information content (AvgIpc) is 2.11. The number of piperidine rings is 2. The van der Waals surface area contributed by atoms with E-state index < -0.39 is 5.60 Å². The smallest absolute Gasteiger partial charge is 0.410 e. The quantitative estimate of drug-likeness (QED) is 0.724. The molecule has 1 unspecified atom stereocenters. The van der Waals surface area contributed by atoms with E-state index in [1.54, 1.807) is 0 Å². The molecule has 4 heteroatoms. The molecule has 4 nitrogen and oxygen atoms in total. The number of fused-ring (bicyclic) bond motifs is 2. The lowest BCUT2D eigenvalue weighted by molar-refractivity contribution is -0.0825. The van der Waals surface area contributed by atoms with Crippen molar-refractivity contribution in [2.24, 2.45) is 0 Å². The van der Waals surface area contributed by atoms with E-state index in [9.17, 15) is 9.90 Å². The van der Waals surface area contributed by atoms with Crippen LogP contribution in [0.15, 0.2) is 0 Å². The van der Waals surface area contributed by atoms with Gasteiger partial charge in [-0.25, -0.2) is 4.79 Å². The van der Waals surface area contributed by atoms with Gasteiger partial charge in [0.25, 0.3) is 0 Å². The van der Waals surface area contributed by atoms with Crippen molar-refractivity contribution in [3.05, 3.63) is 0 Å². The van der Waals surface area contributed by atoms with Crippen molar-refractivity contribution in [1.82, 2.24) is 4.90 Å². The maximum absolute atomic E-state index is 12.4. The lowest BCUT2D eigenvalue weighted by atomic mass is 9.74.